The van der Waals surface area contributed by atoms with Crippen LogP contribution in [0.2, 0.25) is 0 Å². The van der Waals surface area contributed by atoms with Gasteiger partial charge in [-0.05, 0) is 58.6 Å². The number of aryl methyl sites for hydroxylation is 1. The van der Waals surface area contributed by atoms with E-state index in [0.29, 0.717) is 6.61 Å². The van der Waals surface area contributed by atoms with Gasteiger partial charge in [-0.25, -0.2) is 0 Å². The van der Waals surface area contributed by atoms with Gasteiger partial charge in [0.2, 0.25) is 0 Å². The van der Waals surface area contributed by atoms with E-state index in [0.717, 1.165) is 23.6 Å². The minimum atomic E-state index is 0.203. The number of hydrogen-bond donors (Lipinski definition) is 0. The number of nitrogens with zero attached hydrogens (tertiary/aromatic N) is 1. The fourth-order valence-electron chi connectivity index (χ4n) is 1.44. The molecule has 0 bridgehead atoms. The van der Waals surface area contributed by atoms with E-state index in [1.807, 2.05) is 53.1 Å². The summed E-state index contributed by atoms with van der Waals surface area (Å²) in [4.78, 5) is 2.10. The molecule has 0 aliphatic heterocycles. The zero-order valence-corrected chi connectivity index (χ0v) is 11.5. The van der Waals surface area contributed by atoms with Crippen molar-refractivity contribution in [2.45, 2.75) is 26.9 Å². The smallest absolute Gasteiger partial charge is 0.122 e. The molecule has 0 spiro atoms. The molecule has 0 heterocycles. The van der Waals surface area contributed by atoms with Crippen LogP contribution in [0, 0.1) is 6.92 Å². The molecular weight excluding hydrogens is 214 g/mol. The molecule has 0 aliphatic rings. The van der Waals surface area contributed by atoms with Crippen LogP contribution in [-0.4, -0.2) is 38.3 Å². The quantitative estimate of drug-likeness (QED) is 0.759. The molecule has 0 saturated carbocycles. The molecule has 17 heavy (non-hydrogen) atoms. The highest BCUT2D eigenvalue weighted by molar-refractivity contribution is 5.39. The average Bonchev–Trinajstić information content (AvgIpc) is 2.21. The van der Waals surface area contributed by atoms with Crippen molar-refractivity contribution >= 4 is 0 Å². The van der Waals surface area contributed by atoms with E-state index >= 15 is 0 Å². The summed E-state index contributed by atoms with van der Waals surface area (Å²) in [5.74, 6) is 1.83. The first-order valence-corrected chi connectivity index (χ1v) is 6.04. The molecule has 0 radical (unpaired) electrons. The van der Waals surface area contributed by atoms with E-state index in [1.54, 1.807) is 0 Å². The third-order valence-corrected chi connectivity index (χ3v) is 2.32. The lowest BCUT2D eigenvalue weighted by molar-refractivity contribution is 0.238. The number of ether oxygens (including phenoxy) is 2. The number of likely N-dealkylation sites (N-methyl/N-ethyl adjacent to an activating group) is 1. The molecule has 0 saturated heterocycles. The first kappa shape index (κ1) is 13.8. The van der Waals surface area contributed by atoms with Crippen molar-refractivity contribution in [1.29, 1.82) is 0 Å². The van der Waals surface area contributed by atoms with Gasteiger partial charge in [-0.15, -0.1) is 0 Å². The molecule has 3 heteroatoms. The topological polar surface area (TPSA) is 21.7 Å². The first-order valence-electron chi connectivity index (χ1n) is 6.04. The fraction of sp³-hybridized carbons (Fsp3) is 0.571. The highest BCUT2D eigenvalue weighted by Gasteiger charge is 2.04. The van der Waals surface area contributed by atoms with Gasteiger partial charge in [-0.1, -0.05) is 0 Å². The van der Waals surface area contributed by atoms with Crippen LogP contribution in [0.25, 0.3) is 0 Å². The summed E-state index contributed by atoms with van der Waals surface area (Å²) in [5.41, 5.74) is 1.11. The van der Waals surface area contributed by atoms with Crippen LogP contribution in [0.15, 0.2) is 18.2 Å². The Morgan fingerprint density at radius 2 is 1.94 bits per heavy atom. The summed E-state index contributed by atoms with van der Waals surface area (Å²) in [6.45, 7) is 7.72. The standard InChI is InChI=1S/C14H23NO2/c1-11(2)17-14-7-6-13(10-12(14)3)16-9-8-15(4)5/h6-7,10-11H,8-9H2,1-5H3. The van der Waals surface area contributed by atoms with Gasteiger partial charge in [-0.2, -0.15) is 0 Å². The van der Waals surface area contributed by atoms with Crippen molar-refractivity contribution in [3.8, 4) is 11.5 Å². The van der Waals surface area contributed by atoms with Gasteiger partial charge in [0.25, 0.3) is 0 Å². The third kappa shape index (κ3) is 5.09. The SMILES string of the molecule is Cc1cc(OCCN(C)C)ccc1OC(C)C. The Morgan fingerprint density at radius 1 is 1.24 bits per heavy atom. The highest BCUT2D eigenvalue weighted by Crippen LogP contribution is 2.24. The number of hydrogen-bond acceptors (Lipinski definition) is 3. The molecule has 0 aromatic heterocycles. The summed E-state index contributed by atoms with van der Waals surface area (Å²) < 4.78 is 11.3. The molecule has 0 fully saturated rings. The van der Waals surface area contributed by atoms with Crippen LogP contribution in [0.1, 0.15) is 19.4 Å². The lowest BCUT2D eigenvalue weighted by atomic mass is 10.2. The Labute approximate surface area is 104 Å². The molecule has 1 aromatic rings. The average molecular weight is 237 g/mol. The zero-order valence-electron chi connectivity index (χ0n) is 11.5. The number of rotatable bonds is 6. The van der Waals surface area contributed by atoms with Crippen molar-refractivity contribution in [2.75, 3.05) is 27.2 Å². The van der Waals surface area contributed by atoms with Crippen LogP contribution in [0.3, 0.4) is 0 Å². The second-order valence-electron chi connectivity index (χ2n) is 4.75. The van der Waals surface area contributed by atoms with E-state index in [9.17, 15) is 0 Å². The predicted octanol–water partition coefficient (Wildman–Crippen LogP) is 2.72. The van der Waals surface area contributed by atoms with Gasteiger partial charge in [0.1, 0.15) is 18.1 Å². The highest BCUT2D eigenvalue weighted by atomic mass is 16.5. The molecule has 0 aliphatic carbocycles. The normalized spacial score (nSPS) is 11.0. The molecular formula is C14H23NO2. The largest absolute Gasteiger partial charge is 0.492 e. The van der Waals surface area contributed by atoms with Crippen LogP contribution in [0.5, 0.6) is 11.5 Å². The van der Waals surface area contributed by atoms with Gasteiger partial charge >= 0.3 is 0 Å². The lowest BCUT2D eigenvalue weighted by Crippen LogP contribution is -2.19. The van der Waals surface area contributed by atoms with Gasteiger partial charge in [0, 0.05) is 6.54 Å². The summed E-state index contributed by atoms with van der Waals surface area (Å²) in [7, 11) is 4.07. The summed E-state index contributed by atoms with van der Waals surface area (Å²) in [6.07, 6.45) is 0.203. The van der Waals surface area contributed by atoms with Crippen molar-refractivity contribution < 1.29 is 9.47 Å². The Balaban J connectivity index is 2.56. The predicted molar refractivity (Wildman–Crippen MR) is 71.0 cm³/mol. The van der Waals surface area contributed by atoms with Crippen molar-refractivity contribution in [3.63, 3.8) is 0 Å². The molecule has 3 nitrogen and oxygen atoms in total. The summed E-state index contributed by atoms with van der Waals surface area (Å²) >= 11 is 0. The molecule has 0 atom stereocenters. The fourth-order valence-corrected chi connectivity index (χ4v) is 1.44. The first-order chi connectivity index (χ1) is 7.99. The van der Waals surface area contributed by atoms with Crippen LogP contribution in [0.4, 0.5) is 0 Å². The molecule has 0 unspecified atom stereocenters. The summed E-state index contributed by atoms with van der Waals surface area (Å²) in [6, 6.07) is 5.95. The Hall–Kier alpha value is -1.22. The Morgan fingerprint density at radius 3 is 2.47 bits per heavy atom. The van der Waals surface area contributed by atoms with Crippen molar-refractivity contribution in [2.24, 2.45) is 0 Å². The lowest BCUT2D eigenvalue weighted by Gasteiger charge is -2.14. The second-order valence-corrected chi connectivity index (χ2v) is 4.75. The number of benzene rings is 1. The van der Waals surface area contributed by atoms with Crippen LogP contribution < -0.4 is 9.47 Å². The summed E-state index contributed by atoms with van der Waals surface area (Å²) in [5, 5.41) is 0. The minimum Gasteiger partial charge on any atom is -0.492 e. The monoisotopic (exact) mass is 237 g/mol. The van der Waals surface area contributed by atoms with E-state index in [-0.39, 0.29) is 6.10 Å². The molecule has 1 rings (SSSR count). The van der Waals surface area contributed by atoms with Gasteiger partial charge in [-0.3, -0.25) is 0 Å². The van der Waals surface area contributed by atoms with E-state index in [2.05, 4.69) is 4.90 Å². The van der Waals surface area contributed by atoms with E-state index in [4.69, 9.17) is 9.47 Å². The maximum absolute atomic E-state index is 5.68. The Kier molecular flexibility index (Phi) is 5.29. The van der Waals surface area contributed by atoms with Crippen molar-refractivity contribution in [1.82, 2.24) is 4.90 Å². The van der Waals surface area contributed by atoms with Gasteiger partial charge in [0.15, 0.2) is 0 Å². The minimum absolute atomic E-state index is 0.203. The van der Waals surface area contributed by atoms with Gasteiger partial charge in [0.05, 0.1) is 6.10 Å². The van der Waals surface area contributed by atoms with E-state index < -0.39 is 0 Å². The second kappa shape index (κ2) is 6.50. The molecule has 1 aromatic carbocycles. The maximum atomic E-state index is 5.68. The van der Waals surface area contributed by atoms with Crippen LogP contribution >= 0.6 is 0 Å². The molecule has 96 valence electrons. The van der Waals surface area contributed by atoms with Crippen LogP contribution in [-0.2, 0) is 0 Å². The van der Waals surface area contributed by atoms with E-state index in [1.165, 1.54) is 0 Å². The molecule has 0 N–H and O–H groups in total. The van der Waals surface area contributed by atoms with Gasteiger partial charge < -0.3 is 14.4 Å². The third-order valence-electron chi connectivity index (χ3n) is 2.32. The Bertz CT molecular complexity index is 348. The van der Waals surface area contributed by atoms with Crippen molar-refractivity contribution in [3.05, 3.63) is 23.8 Å². The maximum Gasteiger partial charge on any atom is 0.122 e. The zero-order chi connectivity index (χ0) is 12.8. The molecule has 0 amide bonds.